The second-order valence-electron chi connectivity index (χ2n) is 6.76. The molecule has 1 amide bonds. The van der Waals surface area contributed by atoms with E-state index in [0.29, 0.717) is 25.0 Å². The highest BCUT2D eigenvalue weighted by Gasteiger charge is 2.19. The lowest BCUT2D eigenvalue weighted by Crippen LogP contribution is -2.24. The highest BCUT2D eigenvalue weighted by molar-refractivity contribution is 5.76. The summed E-state index contributed by atoms with van der Waals surface area (Å²) >= 11 is 0. The van der Waals surface area contributed by atoms with Crippen molar-refractivity contribution in [1.29, 1.82) is 0 Å². The lowest BCUT2D eigenvalue weighted by molar-refractivity contribution is -0.121. The maximum atomic E-state index is 12.0. The van der Waals surface area contributed by atoms with Crippen molar-refractivity contribution >= 4 is 5.91 Å². The number of carbonyl (C=O) groups excluding carboxylic acids is 1. The maximum absolute atomic E-state index is 12.0. The summed E-state index contributed by atoms with van der Waals surface area (Å²) < 4.78 is 11.5. The van der Waals surface area contributed by atoms with Gasteiger partial charge in [-0.2, -0.15) is 0 Å². The fourth-order valence-corrected chi connectivity index (χ4v) is 3.48. The minimum atomic E-state index is 0.108. The van der Waals surface area contributed by atoms with Gasteiger partial charge in [-0.1, -0.05) is 18.2 Å². The van der Waals surface area contributed by atoms with Crippen LogP contribution < -0.4 is 14.8 Å². The Morgan fingerprint density at radius 2 is 2.04 bits per heavy atom. The van der Waals surface area contributed by atoms with Crippen molar-refractivity contribution in [3.05, 3.63) is 35.9 Å². The summed E-state index contributed by atoms with van der Waals surface area (Å²) in [6.45, 7) is 0.523. The minimum Gasteiger partial charge on any atom is -0.493 e. The minimum absolute atomic E-state index is 0.108. The van der Waals surface area contributed by atoms with E-state index in [9.17, 15) is 4.79 Å². The van der Waals surface area contributed by atoms with E-state index in [1.165, 1.54) is 12.8 Å². The molecule has 4 nitrogen and oxygen atoms in total. The van der Waals surface area contributed by atoms with E-state index in [0.717, 1.165) is 42.7 Å². The lowest BCUT2D eigenvalue weighted by Gasteiger charge is -2.17. The Balaban J connectivity index is 1.53. The summed E-state index contributed by atoms with van der Waals surface area (Å²) in [5.41, 5.74) is 1.03. The van der Waals surface area contributed by atoms with Crippen LogP contribution in [0.3, 0.4) is 0 Å². The van der Waals surface area contributed by atoms with Crippen LogP contribution in [0.15, 0.2) is 30.4 Å². The quantitative estimate of drug-likeness (QED) is 0.770. The lowest BCUT2D eigenvalue weighted by atomic mass is 10.1. The number of methoxy groups -OCH3 is 1. The third-order valence-electron chi connectivity index (χ3n) is 4.87. The van der Waals surface area contributed by atoms with Crippen molar-refractivity contribution in [3.63, 3.8) is 0 Å². The molecule has 0 spiro atoms. The highest BCUT2D eigenvalue weighted by atomic mass is 16.5. The molecule has 1 aromatic rings. The molecule has 0 radical (unpaired) electrons. The van der Waals surface area contributed by atoms with Gasteiger partial charge < -0.3 is 14.8 Å². The standard InChI is InChI=1S/C20H27NO3/c1-23-19-12-16(10-11-18(19)24-17-8-4-5-9-17)14-21-20(22)13-15-6-2-3-7-15/h2,6,10-12,15,17H,3-5,7-9,13-14H2,1H3,(H,21,22). The Labute approximate surface area is 144 Å². The average molecular weight is 329 g/mol. The van der Waals surface area contributed by atoms with E-state index in [1.807, 2.05) is 18.2 Å². The Morgan fingerprint density at radius 1 is 1.21 bits per heavy atom. The van der Waals surface area contributed by atoms with E-state index in [2.05, 4.69) is 17.5 Å². The first-order valence-electron chi connectivity index (χ1n) is 9.01. The number of amides is 1. The molecular formula is C20H27NO3. The molecular weight excluding hydrogens is 302 g/mol. The smallest absolute Gasteiger partial charge is 0.220 e. The van der Waals surface area contributed by atoms with Crippen molar-refractivity contribution in [3.8, 4) is 11.5 Å². The number of hydrogen-bond donors (Lipinski definition) is 1. The second-order valence-corrected chi connectivity index (χ2v) is 6.76. The zero-order chi connectivity index (χ0) is 16.8. The Hall–Kier alpha value is -1.97. The highest BCUT2D eigenvalue weighted by Crippen LogP contribution is 2.32. The van der Waals surface area contributed by atoms with Gasteiger partial charge in [0.05, 0.1) is 13.2 Å². The van der Waals surface area contributed by atoms with Crippen molar-refractivity contribution < 1.29 is 14.3 Å². The van der Waals surface area contributed by atoms with E-state index in [-0.39, 0.29) is 5.91 Å². The molecule has 2 aliphatic rings. The zero-order valence-corrected chi connectivity index (χ0v) is 14.4. The van der Waals surface area contributed by atoms with Crippen molar-refractivity contribution in [2.24, 2.45) is 5.92 Å². The summed E-state index contributed by atoms with van der Waals surface area (Å²) in [5, 5.41) is 3.00. The molecule has 0 aromatic heterocycles. The molecule has 1 atom stereocenters. The molecule has 130 valence electrons. The molecule has 0 heterocycles. The largest absolute Gasteiger partial charge is 0.493 e. The van der Waals surface area contributed by atoms with Crippen LogP contribution in [0.1, 0.15) is 50.5 Å². The van der Waals surface area contributed by atoms with Crippen LogP contribution in [0.4, 0.5) is 0 Å². The number of rotatable bonds is 7. The first-order chi connectivity index (χ1) is 11.7. The van der Waals surface area contributed by atoms with Gasteiger partial charge in [-0.25, -0.2) is 0 Å². The van der Waals surface area contributed by atoms with Gasteiger partial charge in [0.25, 0.3) is 0 Å². The predicted octanol–water partition coefficient (Wildman–Crippen LogP) is 3.99. The van der Waals surface area contributed by atoms with Crippen LogP contribution in [0, 0.1) is 5.92 Å². The van der Waals surface area contributed by atoms with E-state index in [1.54, 1.807) is 7.11 Å². The summed E-state index contributed by atoms with van der Waals surface area (Å²) in [7, 11) is 1.66. The molecule has 4 heteroatoms. The van der Waals surface area contributed by atoms with Gasteiger partial charge in [0, 0.05) is 13.0 Å². The fourth-order valence-electron chi connectivity index (χ4n) is 3.48. The molecule has 1 N–H and O–H groups in total. The van der Waals surface area contributed by atoms with Gasteiger partial charge in [0.2, 0.25) is 5.91 Å². The summed E-state index contributed by atoms with van der Waals surface area (Å²) in [4.78, 5) is 12.0. The first kappa shape index (κ1) is 16.9. The Morgan fingerprint density at radius 3 is 2.75 bits per heavy atom. The zero-order valence-electron chi connectivity index (χ0n) is 14.4. The van der Waals surface area contributed by atoms with Crippen molar-refractivity contribution in [2.45, 2.75) is 57.6 Å². The van der Waals surface area contributed by atoms with Crippen LogP contribution in [-0.4, -0.2) is 19.1 Å². The third kappa shape index (κ3) is 4.53. The molecule has 24 heavy (non-hydrogen) atoms. The van der Waals surface area contributed by atoms with E-state index in [4.69, 9.17) is 9.47 Å². The van der Waals surface area contributed by atoms with E-state index < -0.39 is 0 Å². The molecule has 0 bridgehead atoms. The molecule has 0 aliphatic heterocycles. The number of allylic oxidation sites excluding steroid dienone is 2. The normalized spacial score (nSPS) is 20.3. The van der Waals surface area contributed by atoms with Gasteiger partial charge in [-0.15, -0.1) is 0 Å². The van der Waals surface area contributed by atoms with Crippen LogP contribution in [0.2, 0.25) is 0 Å². The van der Waals surface area contributed by atoms with Crippen LogP contribution in [0.25, 0.3) is 0 Å². The van der Waals surface area contributed by atoms with Gasteiger partial charge in [0.1, 0.15) is 0 Å². The van der Waals surface area contributed by atoms with Crippen molar-refractivity contribution in [1.82, 2.24) is 5.32 Å². The molecule has 1 unspecified atom stereocenters. The number of carbonyl (C=O) groups is 1. The number of hydrogen-bond acceptors (Lipinski definition) is 3. The fraction of sp³-hybridized carbons (Fsp3) is 0.550. The van der Waals surface area contributed by atoms with Gasteiger partial charge in [-0.3, -0.25) is 4.79 Å². The summed E-state index contributed by atoms with van der Waals surface area (Å²) in [5.74, 6) is 2.06. The summed E-state index contributed by atoms with van der Waals surface area (Å²) in [6, 6.07) is 5.92. The average Bonchev–Trinajstić information content (AvgIpc) is 3.28. The summed E-state index contributed by atoms with van der Waals surface area (Å²) in [6.07, 6.45) is 12.1. The van der Waals surface area contributed by atoms with E-state index >= 15 is 0 Å². The number of ether oxygens (including phenoxy) is 2. The van der Waals surface area contributed by atoms with Gasteiger partial charge in [-0.05, 0) is 62.1 Å². The Bertz CT molecular complexity index is 591. The second kappa shape index (κ2) is 8.22. The SMILES string of the molecule is COc1cc(CNC(=O)CC2C=CCC2)ccc1OC1CCCC1. The van der Waals surface area contributed by atoms with Crippen LogP contribution in [-0.2, 0) is 11.3 Å². The molecule has 0 saturated heterocycles. The van der Waals surface area contributed by atoms with Crippen LogP contribution >= 0.6 is 0 Å². The molecule has 1 fully saturated rings. The Kier molecular flexibility index (Phi) is 5.78. The molecule has 1 aromatic carbocycles. The molecule has 3 rings (SSSR count). The third-order valence-corrected chi connectivity index (χ3v) is 4.87. The molecule has 1 saturated carbocycles. The van der Waals surface area contributed by atoms with Crippen LogP contribution in [0.5, 0.6) is 11.5 Å². The number of benzene rings is 1. The molecule has 2 aliphatic carbocycles. The first-order valence-corrected chi connectivity index (χ1v) is 9.01. The van der Waals surface area contributed by atoms with Gasteiger partial charge in [0.15, 0.2) is 11.5 Å². The topological polar surface area (TPSA) is 47.6 Å². The van der Waals surface area contributed by atoms with Gasteiger partial charge >= 0.3 is 0 Å². The van der Waals surface area contributed by atoms with Crippen molar-refractivity contribution in [2.75, 3.05) is 7.11 Å². The predicted molar refractivity (Wildman–Crippen MR) is 94.2 cm³/mol. The maximum Gasteiger partial charge on any atom is 0.220 e. The number of nitrogens with one attached hydrogen (secondary N) is 1. The monoisotopic (exact) mass is 329 g/mol.